The number of allylic oxidation sites excluding steroid dienone is 5. The Kier molecular flexibility index (Phi) is 8.06. The molecule has 1 saturated heterocycles. The summed E-state index contributed by atoms with van der Waals surface area (Å²) < 4.78 is 14.2. The number of benzene rings is 1. The van der Waals surface area contributed by atoms with E-state index < -0.39 is 0 Å². The number of pyridine rings is 1. The maximum absolute atomic E-state index is 14.2. The molecule has 1 aliphatic carbocycles. The average Bonchev–Trinajstić information content (AvgIpc) is 3.60. The molecule has 1 unspecified atom stereocenters. The number of likely N-dealkylation sites (tertiary alicyclic amines) is 1. The predicted octanol–water partition coefficient (Wildman–Crippen LogP) is 7.45. The van der Waals surface area contributed by atoms with Crippen LogP contribution in [0.3, 0.4) is 0 Å². The highest BCUT2D eigenvalue weighted by molar-refractivity contribution is 5.92. The van der Waals surface area contributed by atoms with E-state index in [1.54, 1.807) is 18.3 Å². The van der Waals surface area contributed by atoms with Gasteiger partial charge in [0.05, 0.1) is 17.6 Å². The lowest BCUT2D eigenvalue weighted by Gasteiger charge is -2.24. The molecule has 3 N–H and O–H groups in total. The summed E-state index contributed by atoms with van der Waals surface area (Å²) >= 11 is 0. The topological polar surface area (TPSA) is 56.0 Å². The van der Waals surface area contributed by atoms with Gasteiger partial charge in [0, 0.05) is 58.9 Å². The number of aromatic nitrogens is 2. The van der Waals surface area contributed by atoms with Crippen molar-refractivity contribution in [3.63, 3.8) is 0 Å². The van der Waals surface area contributed by atoms with Gasteiger partial charge in [0.15, 0.2) is 0 Å². The van der Waals surface area contributed by atoms with Crippen molar-refractivity contribution in [3.8, 4) is 0 Å². The highest BCUT2D eigenvalue weighted by Gasteiger charge is 2.23. The van der Waals surface area contributed by atoms with Crippen LogP contribution >= 0.6 is 0 Å². The minimum absolute atomic E-state index is 0.140. The molecule has 0 bridgehead atoms. The van der Waals surface area contributed by atoms with Gasteiger partial charge in [-0.25, -0.2) is 4.39 Å². The van der Waals surface area contributed by atoms with Crippen LogP contribution in [0.15, 0.2) is 97.5 Å². The number of nitrogens with zero attached hydrogens (tertiary/aromatic N) is 2. The molecular formula is C36H38FN5. The van der Waals surface area contributed by atoms with Crippen LogP contribution in [0, 0.1) is 5.82 Å². The maximum Gasteiger partial charge on any atom is 0.123 e. The minimum atomic E-state index is -0.234. The minimum Gasteiger partial charge on any atom is -0.377 e. The third kappa shape index (κ3) is 5.95. The third-order valence-electron chi connectivity index (χ3n) is 8.06. The summed E-state index contributed by atoms with van der Waals surface area (Å²) in [6.45, 7) is 11.5. The number of halogens is 1. The number of rotatable bonds is 8. The fourth-order valence-electron chi connectivity index (χ4n) is 6.15. The van der Waals surface area contributed by atoms with Crippen molar-refractivity contribution in [2.45, 2.75) is 39.2 Å². The predicted molar refractivity (Wildman–Crippen MR) is 172 cm³/mol. The highest BCUT2D eigenvalue weighted by atomic mass is 19.1. The van der Waals surface area contributed by atoms with E-state index in [-0.39, 0.29) is 11.9 Å². The molecule has 2 aromatic heterocycles. The average molecular weight is 560 g/mol. The molecular weight excluding hydrogens is 521 g/mol. The van der Waals surface area contributed by atoms with E-state index in [0.29, 0.717) is 0 Å². The Morgan fingerprint density at radius 3 is 2.83 bits per heavy atom. The monoisotopic (exact) mass is 559 g/mol. The Morgan fingerprint density at radius 1 is 1.17 bits per heavy atom. The van der Waals surface area contributed by atoms with Gasteiger partial charge in [-0.1, -0.05) is 54.7 Å². The molecule has 0 radical (unpaired) electrons. The smallest absolute Gasteiger partial charge is 0.123 e. The summed E-state index contributed by atoms with van der Waals surface area (Å²) in [5, 5.41) is 6.75. The number of fused-ring (bicyclic) bond motifs is 2. The van der Waals surface area contributed by atoms with Crippen LogP contribution in [0.1, 0.15) is 60.5 Å². The van der Waals surface area contributed by atoms with E-state index in [4.69, 9.17) is 4.98 Å². The Balaban J connectivity index is 1.38. The first-order valence-corrected chi connectivity index (χ1v) is 14.8. The Morgan fingerprint density at radius 2 is 2.02 bits per heavy atom. The van der Waals surface area contributed by atoms with E-state index in [2.05, 4.69) is 83.5 Å². The normalized spacial score (nSPS) is 18.9. The largest absolute Gasteiger partial charge is 0.377 e. The van der Waals surface area contributed by atoms with Crippen LogP contribution in [0.4, 0.5) is 10.1 Å². The van der Waals surface area contributed by atoms with E-state index in [0.717, 1.165) is 82.2 Å². The lowest BCUT2D eigenvalue weighted by molar-refractivity contribution is 0.368. The third-order valence-corrected chi connectivity index (χ3v) is 8.06. The number of anilines is 1. The van der Waals surface area contributed by atoms with Crippen molar-refractivity contribution in [2.75, 3.05) is 25.0 Å². The van der Waals surface area contributed by atoms with Crippen molar-refractivity contribution in [1.82, 2.24) is 20.2 Å². The SMILES string of the molecule is C=CN/C=C(\C=C(/C)CN1CCCC1)c1cc2c(cn1)NC(C)C=C2c1cc2c([nH]1)CC=CC=C2c1cccc(F)c1. The van der Waals surface area contributed by atoms with Gasteiger partial charge in [0.25, 0.3) is 0 Å². The van der Waals surface area contributed by atoms with Crippen LogP contribution in [-0.4, -0.2) is 40.5 Å². The molecule has 1 fully saturated rings. The van der Waals surface area contributed by atoms with E-state index >= 15 is 0 Å². The number of nitrogens with one attached hydrogen (secondary N) is 3. The molecule has 2 aliphatic heterocycles. The Labute approximate surface area is 248 Å². The lowest BCUT2D eigenvalue weighted by Crippen LogP contribution is -2.21. The second-order valence-corrected chi connectivity index (χ2v) is 11.4. The first-order chi connectivity index (χ1) is 20.5. The molecule has 3 aliphatic rings. The summed E-state index contributed by atoms with van der Waals surface area (Å²) in [6.07, 6.45) is 19.7. The summed E-state index contributed by atoms with van der Waals surface area (Å²) in [5.41, 5.74) is 11.6. The summed E-state index contributed by atoms with van der Waals surface area (Å²) in [6, 6.07) is 11.3. The van der Waals surface area contributed by atoms with Gasteiger partial charge in [-0.2, -0.15) is 0 Å². The molecule has 0 amide bonds. The van der Waals surface area contributed by atoms with E-state index in [9.17, 15) is 4.39 Å². The second kappa shape index (κ2) is 12.2. The van der Waals surface area contributed by atoms with Crippen LogP contribution in [0.25, 0.3) is 16.7 Å². The van der Waals surface area contributed by atoms with Crippen LogP contribution in [-0.2, 0) is 6.42 Å². The van der Waals surface area contributed by atoms with Gasteiger partial charge in [0.2, 0.25) is 0 Å². The summed E-state index contributed by atoms with van der Waals surface area (Å²) in [4.78, 5) is 11.1. The number of hydrogen-bond acceptors (Lipinski definition) is 4. The Bertz CT molecular complexity index is 1640. The van der Waals surface area contributed by atoms with E-state index in [1.165, 1.54) is 24.5 Å². The molecule has 0 saturated carbocycles. The molecule has 0 spiro atoms. The van der Waals surface area contributed by atoms with Gasteiger partial charge in [-0.15, -0.1) is 0 Å². The molecule has 214 valence electrons. The molecule has 3 aromatic rings. The molecule has 42 heavy (non-hydrogen) atoms. The molecule has 6 heteroatoms. The number of hydrogen-bond donors (Lipinski definition) is 3. The fraction of sp³-hybridized carbons (Fsp3) is 0.250. The van der Waals surface area contributed by atoms with Crippen LogP contribution in [0.5, 0.6) is 0 Å². The van der Waals surface area contributed by atoms with E-state index in [1.807, 2.05) is 18.5 Å². The molecule has 1 atom stereocenters. The Hall–Kier alpha value is -4.42. The summed E-state index contributed by atoms with van der Waals surface area (Å²) in [7, 11) is 0. The first kappa shape index (κ1) is 27.7. The lowest BCUT2D eigenvalue weighted by atomic mass is 9.93. The zero-order valence-corrected chi connectivity index (χ0v) is 24.4. The quantitative estimate of drug-likeness (QED) is 0.251. The molecule has 5 nitrogen and oxygen atoms in total. The van der Waals surface area contributed by atoms with Crippen molar-refractivity contribution in [1.29, 1.82) is 0 Å². The second-order valence-electron chi connectivity index (χ2n) is 11.4. The zero-order chi connectivity index (χ0) is 29.1. The number of aromatic amines is 1. The van der Waals surface area contributed by atoms with Crippen molar-refractivity contribution >= 4 is 22.4 Å². The van der Waals surface area contributed by atoms with Crippen molar-refractivity contribution in [3.05, 3.63) is 137 Å². The van der Waals surface area contributed by atoms with Gasteiger partial charge < -0.3 is 15.6 Å². The molecule has 6 rings (SSSR count). The van der Waals surface area contributed by atoms with Crippen LogP contribution in [0.2, 0.25) is 0 Å². The first-order valence-electron chi connectivity index (χ1n) is 14.8. The van der Waals surface area contributed by atoms with Gasteiger partial charge >= 0.3 is 0 Å². The standard InChI is InChI=1S/C36H38FN5/c1-4-38-21-27(16-24(2)23-42-14-7-8-15-42)34-19-32-30(17-25(3)40-36(32)22-39-34)35-20-31-29(12-5-6-13-33(31)41-35)26-10-9-11-28(37)18-26/h4-6,9-12,16-22,25,38,40-41H,1,7-8,13-15,23H2,2-3H3/b24-16+,27-21+. The highest BCUT2D eigenvalue weighted by Crippen LogP contribution is 2.38. The maximum atomic E-state index is 14.2. The molecule has 4 heterocycles. The fourth-order valence-corrected chi connectivity index (χ4v) is 6.15. The van der Waals surface area contributed by atoms with Gasteiger partial charge in [-0.05, 0) is 81.4 Å². The van der Waals surface area contributed by atoms with Gasteiger partial charge in [-0.3, -0.25) is 9.88 Å². The summed E-state index contributed by atoms with van der Waals surface area (Å²) in [5.74, 6) is -0.234. The van der Waals surface area contributed by atoms with Gasteiger partial charge in [0.1, 0.15) is 5.82 Å². The molecule has 1 aromatic carbocycles. The van der Waals surface area contributed by atoms with Crippen molar-refractivity contribution < 1.29 is 4.39 Å². The number of H-pyrrole nitrogens is 1. The van der Waals surface area contributed by atoms with Crippen LogP contribution < -0.4 is 10.6 Å². The van der Waals surface area contributed by atoms with Crippen molar-refractivity contribution in [2.24, 2.45) is 0 Å². The zero-order valence-electron chi connectivity index (χ0n) is 24.4.